The minimum atomic E-state index is -0.0731. The lowest BCUT2D eigenvalue weighted by molar-refractivity contribution is -0.145. The van der Waals surface area contributed by atoms with Crippen LogP contribution in [0.4, 0.5) is 0 Å². The van der Waals surface area contributed by atoms with Crippen molar-refractivity contribution in [3.05, 3.63) is 0 Å². The Labute approximate surface area is 97.0 Å². The van der Waals surface area contributed by atoms with Gasteiger partial charge in [0.25, 0.3) is 0 Å². The molecule has 0 aromatic rings. The lowest BCUT2D eigenvalue weighted by Gasteiger charge is -2.42. The van der Waals surface area contributed by atoms with Crippen molar-refractivity contribution < 1.29 is 9.59 Å². The third kappa shape index (κ3) is 1.76. The lowest BCUT2D eigenvalue weighted by atomic mass is 9.64. The molecule has 1 N–H and O–H groups in total. The fraction of sp³-hybridized carbons (Fsp3) is 0.846. The Balaban J connectivity index is 2.31. The quantitative estimate of drug-likeness (QED) is 0.692. The molecule has 2 fully saturated rings. The van der Waals surface area contributed by atoms with Crippen molar-refractivity contribution in [3.63, 3.8) is 0 Å². The topological polar surface area (TPSA) is 46.2 Å². The molecule has 0 aromatic heterocycles. The van der Waals surface area contributed by atoms with E-state index in [1.807, 2.05) is 0 Å². The smallest absolute Gasteiger partial charge is 0.230 e. The predicted octanol–water partition coefficient (Wildman–Crippen LogP) is 2.11. The van der Waals surface area contributed by atoms with E-state index >= 15 is 0 Å². The van der Waals surface area contributed by atoms with Gasteiger partial charge in [-0.25, -0.2) is 0 Å². The molecule has 16 heavy (non-hydrogen) atoms. The van der Waals surface area contributed by atoms with Crippen LogP contribution in [0.25, 0.3) is 0 Å². The number of carbonyl (C=O) groups excluding carboxylic acids is 2. The van der Waals surface area contributed by atoms with Gasteiger partial charge in [0.1, 0.15) is 0 Å². The number of hydrogen-bond acceptors (Lipinski definition) is 2. The highest BCUT2D eigenvalue weighted by atomic mass is 16.2. The van der Waals surface area contributed by atoms with Gasteiger partial charge in [0.15, 0.2) is 0 Å². The molecule has 1 saturated heterocycles. The molecule has 3 atom stereocenters. The zero-order valence-corrected chi connectivity index (χ0v) is 10.4. The van der Waals surface area contributed by atoms with E-state index in [2.05, 4.69) is 26.1 Å². The first-order valence-corrected chi connectivity index (χ1v) is 6.28. The zero-order chi connectivity index (χ0) is 11.9. The molecule has 0 radical (unpaired) electrons. The van der Waals surface area contributed by atoms with Crippen LogP contribution in [0.5, 0.6) is 0 Å². The Kier molecular flexibility index (Phi) is 2.81. The Hall–Kier alpha value is -0.860. The monoisotopic (exact) mass is 223 g/mol. The largest absolute Gasteiger partial charge is 0.296 e. The number of piperidine rings is 1. The number of rotatable bonds is 1. The highest BCUT2D eigenvalue weighted by Gasteiger charge is 2.52. The van der Waals surface area contributed by atoms with Gasteiger partial charge in [-0.05, 0) is 30.1 Å². The average Bonchev–Trinajstić information content (AvgIpc) is 2.44. The van der Waals surface area contributed by atoms with Gasteiger partial charge < -0.3 is 0 Å². The number of imide groups is 1. The molecule has 1 spiro atoms. The van der Waals surface area contributed by atoms with Crippen LogP contribution in [0, 0.1) is 23.2 Å². The SMILES string of the molecule is CC1CCC2(CC(=O)NC(=O)C2C(C)C)C1. The maximum Gasteiger partial charge on any atom is 0.230 e. The molecule has 3 heteroatoms. The summed E-state index contributed by atoms with van der Waals surface area (Å²) in [5.74, 6) is 0.879. The molecular formula is C13H21NO2. The third-order valence-electron chi connectivity index (χ3n) is 4.27. The summed E-state index contributed by atoms with van der Waals surface area (Å²) in [6.07, 6.45) is 3.78. The van der Waals surface area contributed by atoms with Gasteiger partial charge in [-0.1, -0.05) is 27.2 Å². The maximum atomic E-state index is 12.0. The van der Waals surface area contributed by atoms with Crippen LogP contribution >= 0.6 is 0 Å². The summed E-state index contributed by atoms with van der Waals surface area (Å²) in [5, 5.41) is 2.50. The van der Waals surface area contributed by atoms with Crippen LogP contribution in [-0.4, -0.2) is 11.8 Å². The number of amides is 2. The van der Waals surface area contributed by atoms with Crippen LogP contribution < -0.4 is 5.32 Å². The summed E-state index contributed by atoms with van der Waals surface area (Å²) in [7, 11) is 0. The van der Waals surface area contributed by atoms with Gasteiger partial charge in [0, 0.05) is 12.3 Å². The van der Waals surface area contributed by atoms with E-state index in [-0.39, 0.29) is 23.1 Å². The van der Waals surface area contributed by atoms with Gasteiger partial charge >= 0.3 is 0 Å². The first-order valence-electron chi connectivity index (χ1n) is 6.28. The van der Waals surface area contributed by atoms with Crippen LogP contribution in [-0.2, 0) is 9.59 Å². The van der Waals surface area contributed by atoms with E-state index < -0.39 is 0 Å². The normalized spacial score (nSPS) is 39.5. The van der Waals surface area contributed by atoms with Crippen molar-refractivity contribution in [2.24, 2.45) is 23.2 Å². The molecule has 1 saturated carbocycles. The number of nitrogens with one attached hydrogen (secondary N) is 1. The van der Waals surface area contributed by atoms with Gasteiger partial charge in [-0.3, -0.25) is 14.9 Å². The predicted molar refractivity (Wildman–Crippen MR) is 61.5 cm³/mol. The number of hydrogen-bond donors (Lipinski definition) is 1. The highest BCUT2D eigenvalue weighted by Crippen LogP contribution is 2.53. The standard InChI is InChI=1S/C13H21NO2/c1-8(2)11-12(16)14-10(15)7-13(11)5-4-9(3)6-13/h8-9,11H,4-7H2,1-3H3,(H,14,15,16). The molecule has 90 valence electrons. The summed E-state index contributed by atoms with van der Waals surface area (Å²) >= 11 is 0. The van der Waals surface area contributed by atoms with E-state index in [1.165, 1.54) is 0 Å². The molecule has 1 aliphatic carbocycles. The molecule has 2 amide bonds. The van der Waals surface area contributed by atoms with E-state index in [1.54, 1.807) is 0 Å². The van der Waals surface area contributed by atoms with E-state index in [0.29, 0.717) is 18.3 Å². The lowest BCUT2D eigenvalue weighted by Crippen LogP contribution is -2.53. The van der Waals surface area contributed by atoms with Crippen LogP contribution in [0.3, 0.4) is 0 Å². The molecule has 3 unspecified atom stereocenters. The van der Waals surface area contributed by atoms with Gasteiger partial charge in [-0.15, -0.1) is 0 Å². The van der Waals surface area contributed by atoms with Crippen LogP contribution in [0.15, 0.2) is 0 Å². The molecule has 3 nitrogen and oxygen atoms in total. The Morgan fingerprint density at radius 1 is 1.38 bits per heavy atom. The zero-order valence-electron chi connectivity index (χ0n) is 10.4. The summed E-state index contributed by atoms with van der Waals surface area (Å²) < 4.78 is 0. The molecule has 0 bridgehead atoms. The van der Waals surface area contributed by atoms with E-state index in [0.717, 1.165) is 19.3 Å². The Morgan fingerprint density at radius 3 is 2.56 bits per heavy atom. The Morgan fingerprint density at radius 2 is 2.06 bits per heavy atom. The minimum Gasteiger partial charge on any atom is -0.296 e. The molecule has 0 aromatic carbocycles. The second-order valence-electron chi connectivity index (χ2n) is 6.02. The first kappa shape index (κ1) is 11.6. The minimum absolute atomic E-state index is 0.0233. The van der Waals surface area contributed by atoms with Gasteiger partial charge in [0.2, 0.25) is 11.8 Å². The van der Waals surface area contributed by atoms with E-state index in [9.17, 15) is 9.59 Å². The Bertz CT molecular complexity index is 324. The second kappa shape index (κ2) is 3.86. The summed E-state index contributed by atoms with van der Waals surface area (Å²) in [6.45, 7) is 6.40. The molecule has 1 aliphatic heterocycles. The van der Waals surface area contributed by atoms with Crippen LogP contribution in [0.2, 0.25) is 0 Å². The first-order chi connectivity index (χ1) is 7.44. The highest BCUT2D eigenvalue weighted by molar-refractivity contribution is 5.99. The molecular weight excluding hydrogens is 202 g/mol. The average molecular weight is 223 g/mol. The van der Waals surface area contributed by atoms with E-state index in [4.69, 9.17) is 0 Å². The van der Waals surface area contributed by atoms with Crippen molar-refractivity contribution in [1.82, 2.24) is 5.32 Å². The molecule has 1 heterocycles. The second-order valence-corrected chi connectivity index (χ2v) is 6.02. The third-order valence-corrected chi connectivity index (χ3v) is 4.27. The fourth-order valence-corrected chi connectivity index (χ4v) is 3.85. The van der Waals surface area contributed by atoms with Crippen molar-refractivity contribution in [2.75, 3.05) is 0 Å². The molecule has 2 aliphatic rings. The summed E-state index contributed by atoms with van der Waals surface area (Å²) in [5.41, 5.74) is -0.0347. The molecule has 2 rings (SSSR count). The number of carbonyl (C=O) groups is 2. The maximum absolute atomic E-state index is 12.0. The fourth-order valence-electron chi connectivity index (χ4n) is 3.85. The van der Waals surface area contributed by atoms with Crippen molar-refractivity contribution in [3.8, 4) is 0 Å². The van der Waals surface area contributed by atoms with Crippen molar-refractivity contribution >= 4 is 11.8 Å². The van der Waals surface area contributed by atoms with Crippen molar-refractivity contribution in [1.29, 1.82) is 0 Å². The summed E-state index contributed by atoms with van der Waals surface area (Å²) in [6, 6.07) is 0. The van der Waals surface area contributed by atoms with Gasteiger partial charge in [-0.2, -0.15) is 0 Å². The summed E-state index contributed by atoms with van der Waals surface area (Å²) in [4.78, 5) is 23.6. The van der Waals surface area contributed by atoms with Gasteiger partial charge in [0.05, 0.1) is 0 Å². The van der Waals surface area contributed by atoms with Crippen LogP contribution in [0.1, 0.15) is 46.5 Å². The van der Waals surface area contributed by atoms with Crippen molar-refractivity contribution in [2.45, 2.75) is 46.5 Å².